The minimum Gasteiger partial charge on any atom is -0.481 e. The number of amides is 2. The molecule has 0 aromatic rings. The summed E-state index contributed by atoms with van der Waals surface area (Å²) in [5, 5.41) is 8.58. The third kappa shape index (κ3) is 4.86. The van der Waals surface area contributed by atoms with Crippen LogP contribution in [0, 0.1) is 0 Å². The summed E-state index contributed by atoms with van der Waals surface area (Å²) in [6.07, 6.45) is 1.71. The molecule has 2 heterocycles. The van der Waals surface area contributed by atoms with Gasteiger partial charge < -0.3 is 24.5 Å². The molecule has 2 rings (SSSR count). The molecule has 2 fully saturated rings. The zero-order chi connectivity index (χ0) is 15.2. The molecule has 0 radical (unpaired) electrons. The van der Waals surface area contributed by atoms with Crippen molar-refractivity contribution in [1.82, 2.24) is 14.7 Å². The first-order valence-corrected chi connectivity index (χ1v) is 7.62. The van der Waals surface area contributed by atoms with Crippen LogP contribution in [0.3, 0.4) is 0 Å². The number of carboxylic acids is 1. The quantitative estimate of drug-likeness (QED) is 0.809. The van der Waals surface area contributed by atoms with Gasteiger partial charge in [0.25, 0.3) is 0 Å². The lowest BCUT2D eigenvalue weighted by Gasteiger charge is -2.38. The average Bonchev–Trinajstić information content (AvgIpc) is 2.48. The van der Waals surface area contributed by atoms with E-state index < -0.39 is 5.97 Å². The number of rotatable bonds is 4. The van der Waals surface area contributed by atoms with Gasteiger partial charge in [-0.25, -0.2) is 4.79 Å². The monoisotopic (exact) mass is 299 g/mol. The molecule has 2 amide bonds. The van der Waals surface area contributed by atoms with Gasteiger partial charge >= 0.3 is 12.0 Å². The molecule has 21 heavy (non-hydrogen) atoms. The van der Waals surface area contributed by atoms with E-state index in [1.165, 1.54) is 0 Å². The Morgan fingerprint density at radius 2 is 1.62 bits per heavy atom. The molecule has 0 unspecified atom stereocenters. The van der Waals surface area contributed by atoms with E-state index in [4.69, 9.17) is 9.84 Å². The number of carbonyl (C=O) groups excluding carboxylic acids is 1. The van der Waals surface area contributed by atoms with Gasteiger partial charge in [-0.2, -0.15) is 0 Å². The number of piperazine rings is 1. The maximum Gasteiger partial charge on any atom is 0.320 e. The number of likely N-dealkylation sites (tertiary alicyclic amines) is 1. The van der Waals surface area contributed by atoms with E-state index in [9.17, 15) is 9.59 Å². The first-order chi connectivity index (χ1) is 10.1. The lowest BCUT2D eigenvalue weighted by molar-refractivity contribution is -0.138. The maximum atomic E-state index is 12.4. The Kier molecular flexibility index (Phi) is 5.81. The molecular weight excluding hydrogens is 274 g/mol. The third-order valence-corrected chi connectivity index (χ3v) is 4.16. The van der Waals surface area contributed by atoms with Crippen LogP contribution >= 0.6 is 0 Å². The number of hydrogen-bond donors (Lipinski definition) is 1. The lowest BCUT2D eigenvalue weighted by atomic mass is 10.1. The van der Waals surface area contributed by atoms with Crippen LogP contribution in [0.15, 0.2) is 0 Å². The predicted octanol–water partition coefficient (Wildman–Crippen LogP) is 0.310. The van der Waals surface area contributed by atoms with Crippen LogP contribution in [-0.4, -0.2) is 90.8 Å². The SMILES string of the molecule is CN1CCN(C(=O)N2CCC(OCCC(=O)O)CC2)CC1. The summed E-state index contributed by atoms with van der Waals surface area (Å²) in [5.74, 6) is -0.835. The smallest absolute Gasteiger partial charge is 0.320 e. The maximum absolute atomic E-state index is 12.4. The Morgan fingerprint density at radius 1 is 1.05 bits per heavy atom. The van der Waals surface area contributed by atoms with Crippen molar-refractivity contribution in [2.45, 2.75) is 25.4 Å². The molecular formula is C14H25N3O4. The van der Waals surface area contributed by atoms with Crippen molar-refractivity contribution in [2.24, 2.45) is 0 Å². The average molecular weight is 299 g/mol. The number of piperidine rings is 1. The highest BCUT2D eigenvalue weighted by atomic mass is 16.5. The van der Waals surface area contributed by atoms with E-state index in [-0.39, 0.29) is 25.2 Å². The number of likely N-dealkylation sites (N-methyl/N-ethyl adjacent to an activating group) is 1. The fraction of sp³-hybridized carbons (Fsp3) is 0.857. The molecule has 0 aromatic carbocycles. The molecule has 2 aliphatic rings. The van der Waals surface area contributed by atoms with Gasteiger partial charge in [-0.1, -0.05) is 0 Å². The minimum absolute atomic E-state index is 0.0421. The van der Waals surface area contributed by atoms with Gasteiger partial charge in [0, 0.05) is 39.3 Å². The van der Waals surface area contributed by atoms with E-state index in [2.05, 4.69) is 11.9 Å². The molecule has 120 valence electrons. The third-order valence-electron chi connectivity index (χ3n) is 4.16. The number of hydrogen-bond acceptors (Lipinski definition) is 4. The van der Waals surface area contributed by atoms with Crippen molar-refractivity contribution in [3.05, 3.63) is 0 Å². The molecule has 0 bridgehead atoms. The lowest BCUT2D eigenvalue weighted by Crippen LogP contribution is -2.53. The molecule has 0 aliphatic carbocycles. The molecule has 2 saturated heterocycles. The van der Waals surface area contributed by atoms with Gasteiger partial charge in [0.2, 0.25) is 0 Å². The van der Waals surface area contributed by atoms with Crippen LogP contribution in [0.5, 0.6) is 0 Å². The molecule has 0 aromatic heterocycles. The number of nitrogens with zero attached hydrogens (tertiary/aromatic N) is 3. The van der Waals surface area contributed by atoms with Crippen LogP contribution in [0.25, 0.3) is 0 Å². The molecule has 7 nitrogen and oxygen atoms in total. The predicted molar refractivity (Wildman–Crippen MR) is 77.3 cm³/mol. The second kappa shape index (κ2) is 7.61. The number of aliphatic carboxylic acids is 1. The highest BCUT2D eigenvalue weighted by molar-refractivity contribution is 5.74. The summed E-state index contributed by atoms with van der Waals surface area (Å²) >= 11 is 0. The van der Waals surface area contributed by atoms with Crippen LogP contribution in [-0.2, 0) is 9.53 Å². The normalized spacial score (nSPS) is 21.6. The van der Waals surface area contributed by atoms with Crippen LogP contribution < -0.4 is 0 Å². The zero-order valence-electron chi connectivity index (χ0n) is 12.7. The molecule has 2 aliphatic heterocycles. The fourth-order valence-electron chi connectivity index (χ4n) is 2.72. The largest absolute Gasteiger partial charge is 0.481 e. The van der Waals surface area contributed by atoms with E-state index in [1.54, 1.807) is 0 Å². The van der Waals surface area contributed by atoms with E-state index >= 15 is 0 Å². The fourth-order valence-corrected chi connectivity index (χ4v) is 2.72. The Labute approximate surface area is 125 Å². The van der Waals surface area contributed by atoms with Gasteiger partial charge in [-0.3, -0.25) is 4.79 Å². The standard InChI is InChI=1S/C14H25N3O4/c1-15-7-9-17(10-8-15)14(20)16-5-2-12(3-6-16)21-11-4-13(18)19/h12H,2-11H2,1H3,(H,18,19). The van der Waals surface area contributed by atoms with Gasteiger partial charge in [0.1, 0.15) is 0 Å². The van der Waals surface area contributed by atoms with Gasteiger partial charge in [0.05, 0.1) is 19.1 Å². The molecule has 0 spiro atoms. The summed E-state index contributed by atoms with van der Waals surface area (Å²) in [5.41, 5.74) is 0. The van der Waals surface area contributed by atoms with Crippen molar-refractivity contribution in [3.8, 4) is 0 Å². The highest BCUT2D eigenvalue weighted by Crippen LogP contribution is 2.16. The van der Waals surface area contributed by atoms with Gasteiger partial charge in [0.15, 0.2) is 0 Å². The highest BCUT2D eigenvalue weighted by Gasteiger charge is 2.28. The van der Waals surface area contributed by atoms with Crippen molar-refractivity contribution in [3.63, 3.8) is 0 Å². The Morgan fingerprint density at radius 3 is 2.19 bits per heavy atom. The Bertz CT molecular complexity index is 361. The van der Waals surface area contributed by atoms with Gasteiger partial charge in [-0.05, 0) is 19.9 Å². The summed E-state index contributed by atoms with van der Waals surface area (Å²) < 4.78 is 5.54. The summed E-state index contributed by atoms with van der Waals surface area (Å²) in [6.45, 7) is 5.11. The van der Waals surface area contributed by atoms with E-state index in [0.717, 1.165) is 39.0 Å². The van der Waals surface area contributed by atoms with Crippen molar-refractivity contribution >= 4 is 12.0 Å². The Balaban J connectivity index is 1.68. The molecule has 0 atom stereocenters. The van der Waals surface area contributed by atoms with Crippen molar-refractivity contribution in [1.29, 1.82) is 0 Å². The number of carbonyl (C=O) groups is 2. The minimum atomic E-state index is -0.835. The van der Waals surface area contributed by atoms with Crippen molar-refractivity contribution in [2.75, 3.05) is 52.9 Å². The molecule has 0 saturated carbocycles. The first kappa shape index (κ1) is 16.0. The van der Waals surface area contributed by atoms with Crippen molar-refractivity contribution < 1.29 is 19.4 Å². The zero-order valence-corrected chi connectivity index (χ0v) is 12.7. The number of ether oxygens (including phenoxy) is 1. The van der Waals surface area contributed by atoms with Crippen LogP contribution in [0.2, 0.25) is 0 Å². The number of carboxylic acid groups (broad SMARTS) is 1. The van der Waals surface area contributed by atoms with Crippen LogP contribution in [0.4, 0.5) is 4.79 Å². The summed E-state index contributed by atoms with van der Waals surface area (Å²) in [7, 11) is 2.07. The van der Waals surface area contributed by atoms with E-state index in [1.807, 2.05) is 9.80 Å². The second-order valence-electron chi connectivity index (χ2n) is 5.77. The number of urea groups is 1. The first-order valence-electron chi connectivity index (χ1n) is 7.62. The molecule has 7 heteroatoms. The summed E-state index contributed by atoms with van der Waals surface area (Å²) in [4.78, 5) is 28.9. The topological polar surface area (TPSA) is 73.3 Å². The van der Waals surface area contributed by atoms with Gasteiger partial charge in [-0.15, -0.1) is 0 Å². The second-order valence-corrected chi connectivity index (χ2v) is 5.77. The van der Waals surface area contributed by atoms with E-state index in [0.29, 0.717) is 13.1 Å². The Hall–Kier alpha value is -1.34. The molecule has 1 N–H and O–H groups in total. The van der Waals surface area contributed by atoms with Crippen LogP contribution in [0.1, 0.15) is 19.3 Å². The summed E-state index contributed by atoms with van der Waals surface area (Å²) in [6, 6.07) is 0.132.